The predicted molar refractivity (Wildman–Crippen MR) is 115 cm³/mol. The summed E-state index contributed by atoms with van der Waals surface area (Å²) in [6.07, 6.45) is 5.16. The Balaban J connectivity index is 1.43. The molecule has 3 rings (SSSR count). The number of nitrogens with zero attached hydrogens (tertiary/aromatic N) is 2. The molecule has 1 saturated heterocycles. The van der Waals surface area contributed by atoms with Gasteiger partial charge in [0.1, 0.15) is 10.8 Å². The molecular weight excluding hydrogens is 386 g/mol. The smallest absolute Gasteiger partial charge is 0.226 e. The number of likely N-dealkylation sites (tertiary alicyclic amines) is 1. The lowest BCUT2D eigenvalue weighted by atomic mass is 10.2. The number of rotatable bonds is 8. The van der Waals surface area contributed by atoms with Crippen LogP contribution in [0.1, 0.15) is 44.7 Å². The zero-order valence-electron chi connectivity index (χ0n) is 17.0. The molecule has 29 heavy (non-hydrogen) atoms. The molecule has 1 fully saturated rings. The van der Waals surface area contributed by atoms with Gasteiger partial charge in [0.25, 0.3) is 0 Å². The maximum absolute atomic E-state index is 12.3. The second kappa shape index (κ2) is 11.0. The summed E-state index contributed by atoms with van der Waals surface area (Å²) in [5.74, 6) is 0.873. The molecule has 2 heterocycles. The Kier molecular flexibility index (Phi) is 8.04. The molecule has 1 N–H and O–H groups in total. The largest absolute Gasteiger partial charge is 0.494 e. The van der Waals surface area contributed by atoms with Gasteiger partial charge >= 0.3 is 0 Å². The Bertz CT molecular complexity index is 796. The molecule has 0 saturated carbocycles. The molecule has 1 aromatic heterocycles. The molecule has 0 atom stereocenters. The van der Waals surface area contributed by atoms with Crippen LogP contribution in [0.5, 0.6) is 5.75 Å². The highest BCUT2D eigenvalue weighted by Gasteiger charge is 2.15. The molecule has 0 spiro atoms. The fourth-order valence-electron chi connectivity index (χ4n) is 3.40. The molecule has 7 heteroatoms. The number of carbonyl (C=O) groups excluding carboxylic acids is 2. The van der Waals surface area contributed by atoms with Crippen LogP contribution in [0.4, 0.5) is 0 Å². The third-order valence-electron chi connectivity index (χ3n) is 4.93. The summed E-state index contributed by atoms with van der Waals surface area (Å²) in [4.78, 5) is 31.0. The van der Waals surface area contributed by atoms with Crippen LogP contribution >= 0.6 is 11.3 Å². The van der Waals surface area contributed by atoms with Crippen LogP contribution in [0.3, 0.4) is 0 Å². The van der Waals surface area contributed by atoms with Gasteiger partial charge in [-0.15, -0.1) is 11.3 Å². The van der Waals surface area contributed by atoms with Gasteiger partial charge < -0.3 is 15.0 Å². The summed E-state index contributed by atoms with van der Waals surface area (Å²) < 4.78 is 5.46. The predicted octanol–water partition coefficient (Wildman–Crippen LogP) is 3.66. The number of amides is 2. The molecule has 0 aliphatic carbocycles. The first-order valence-electron chi connectivity index (χ1n) is 10.4. The van der Waals surface area contributed by atoms with Crippen molar-refractivity contribution >= 4 is 23.2 Å². The van der Waals surface area contributed by atoms with E-state index in [2.05, 4.69) is 10.3 Å². The maximum atomic E-state index is 12.3. The number of ether oxygens (including phenoxy) is 1. The van der Waals surface area contributed by atoms with Gasteiger partial charge in [0.15, 0.2) is 0 Å². The topological polar surface area (TPSA) is 71.5 Å². The van der Waals surface area contributed by atoms with Crippen molar-refractivity contribution in [1.82, 2.24) is 15.2 Å². The van der Waals surface area contributed by atoms with Gasteiger partial charge in [-0.05, 0) is 44.0 Å². The van der Waals surface area contributed by atoms with Gasteiger partial charge in [0.2, 0.25) is 11.8 Å². The number of hydrogen-bond donors (Lipinski definition) is 1. The molecule has 6 nitrogen and oxygen atoms in total. The second-order valence-corrected chi connectivity index (χ2v) is 8.03. The highest BCUT2D eigenvalue weighted by molar-refractivity contribution is 7.13. The molecular formula is C22H29N3O3S. The van der Waals surface area contributed by atoms with E-state index in [0.717, 1.165) is 47.9 Å². The van der Waals surface area contributed by atoms with E-state index in [1.165, 1.54) is 24.2 Å². The third-order valence-corrected chi connectivity index (χ3v) is 5.87. The number of nitrogens with one attached hydrogen (secondary N) is 1. The van der Waals surface area contributed by atoms with Gasteiger partial charge in [-0.1, -0.05) is 12.8 Å². The van der Waals surface area contributed by atoms with Crippen molar-refractivity contribution in [3.63, 3.8) is 0 Å². The van der Waals surface area contributed by atoms with Crippen molar-refractivity contribution < 1.29 is 14.3 Å². The van der Waals surface area contributed by atoms with E-state index in [-0.39, 0.29) is 18.2 Å². The molecule has 1 aliphatic heterocycles. The first-order chi connectivity index (χ1) is 14.2. The standard InChI is InChI=1S/C22H29N3O3S/c1-2-28-19-9-7-17(8-10-19)22-24-18(16-29-22)15-20(26)23-12-11-21(27)25-13-5-3-4-6-14-25/h7-10,16H,2-6,11-15H2,1H3,(H,23,26). The van der Waals surface area contributed by atoms with Crippen LogP contribution in [-0.2, 0) is 16.0 Å². The highest BCUT2D eigenvalue weighted by Crippen LogP contribution is 2.26. The summed E-state index contributed by atoms with van der Waals surface area (Å²) in [6.45, 7) is 4.67. The van der Waals surface area contributed by atoms with E-state index < -0.39 is 0 Å². The molecule has 0 bridgehead atoms. The van der Waals surface area contributed by atoms with Crippen LogP contribution in [0.15, 0.2) is 29.6 Å². The van der Waals surface area contributed by atoms with Gasteiger partial charge in [-0.2, -0.15) is 0 Å². The molecule has 2 amide bonds. The Morgan fingerprint density at radius 1 is 1.14 bits per heavy atom. The first kappa shape index (κ1) is 21.3. The van der Waals surface area contributed by atoms with Gasteiger partial charge in [-0.25, -0.2) is 4.98 Å². The van der Waals surface area contributed by atoms with E-state index in [1.807, 2.05) is 41.5 Å². The average molecular weight is 416 g/mol. The minimum atomic E-state index is -0.0998. The summed E-state index contributed by atoms with van der Waals surface area (Å²) >= 11 is 1.52. The minimum absolute atomic E-state index is 0.0998. The monoisotopic (exact) mass is 415 g/mol. The SMILES string of the molecule is CCOc1ccc(-c2nc(CC(=O)NCCC(=O)N3CCCCCC3)cs2)cc1. The van der Waals surface area contributed by atoms with Gasteiger partial charge in [0.05, 0.1) is 18.7 Å². The number of aromatic nitrogens is 1. The third kappa shape index (κ3) is 6.56. The lowest BCUT2D eigenvalue weighted by Gasteiger charge is -2.20. The summed E-state index contributed by atoms with van der Waals surface area (Å²) in [6, 6.07) is 7.80. The zero-order valence-corrected chi connectivity index (χ0v) is 17.8. The number of thiazole rings is 1. The van der Waals surface area contributed by atoms with E-state index in [9.17, 15) is 9.59 Å². The Labute approximate surface area is 176 Å². The molecule has 2 aromatic rings. The summed E-state index contributed by atoms with van der Waals surface area (Å²) in [7, 11) is 0. The van der Waals surface area contributed by atoms with Crippen LogP contribution in [0.25, 0.3) is 10.6 Å². The molecule has 1 aliphatic rings. The van der Waals surface area contributed by atoms with E-state index in [4.69, 9.17) is 4.74 Å². The molecule has 0 unspecified atom stereocenters. The van der Waals surface area contributed by atoms with Crippen molar-refractivity contribution in [1.29, 1.82) is 0 Å². The number of carbonyl (C=O) groups is 2. The van der Waals surface area contributed by atoms with E-state index in [0.29, 0.717) is 19.6 Å². The lowest BCUT2D eigenvalue weighted by Crippen LogP contribution is -2.35. The average Bonchev–Trinajstić information content (AvgIpc) is 3.00. The quantitative estimate of drug-likeness (QED) is 0.714. The van der Waals surface area contributed by atoms with Crippen molar-refractivity contribution in [2.75, 3.05) is 26.2 Å². The van der Waals surface area contributed by atoms with Crippen molar-refractivity contribution in [3.8, 4) is 16.3 Å². The van der Waals surface area contributed by atoms with Crippen LogP contribution < -0.4 is 10.1 Å². The van der Waals surface area contributed by atoms with Crippen molar-refractivity contribution in [3.05, 3.63) is 35.3 Å². The van der Waals surface area contributed by atoms with Crippen molar-refractivity contribution in [2.24, 2.45) is 0 Å². The fourth-order valence-corrected chi connectivity index (χ4v) is 4.22. The van der Waals surface area contributed by atoms with E-state index >= 15 is 0 Å². The molecule has 0 radical (unpaired) electrons. The zero-order chi connectivity index (χ0) is 20.5. The van der Waals surface area contributed by atoms with Crippen LogP contribution in [-0.4, -0.2) is 47.9 Å². The Morgan fingerprint density at radius 2 is 1.86 bits per heavy atom. The van der Waals surface area contributed by atoms with E-state index in [1.54, 1.807) is 0 Å². The second-order valence-electron chi connectivity index (χ2n) is 7.17. The Hall–Kier alpha value is -2.41. The van der Waals surface area contributed by atoms with Gasteiger partial charge in [0, 0.05) is 37.0 Å². The fraction of sp³-hybridized carbons (Fsp3) is 0.500. The van der Waals surface area contributed by atoms with Crippen molar-refractivity contribution in [2.45, 2.75) is 45.4 Å². The van der Waals surface area contributed by atoms with Crippen LogP contribution in [0, 0.1) is 0 Å². The van der Waals surface area contributed by atoms with Gasteiger partial charge in [-0.3, -0.25) is 9.59 Å². The lowest BCUT2D eigenvalue weighted by molar-refractivity contribution is -0.131. The maximum Gasteiger partial charge on any atom is 0.226 e. The van der Waals surface area contributed by atoms with Crippen LogP contribution in [0.2, 0.25) is 0 Å². The normalized spacial score (nSPS) is 14.3. The summed E-state index contributed by atoms with van der Waals surface area (Å²) in [5, 5.41) is 5.64. The molecule has 156 valence electrons. The minimum Gasteiger partial charge on any atom is -0.494 e. The molecule has 1 aromatic carbocycles. The number of benzene rings is 1. The summed E-state index contributed by atoms with van der Waals surface area (Å²) in [5.41, 5.74) is 1.75. The Morgan fingerprint density at radius 3 is 2.55 bits per heavy atom. The number of hydrogen-bond acceptors (Lipinski definition) is 5. The first-order valence-corrected chi connectivity index (χ1v) is 11.3. The highest BCUT2D eigenvalue weighted by atomic mass is 32.1.